The average molecular weight is 493 g/mol. The summed E-state index contributed by atoms with van der Waals surface area (Å²) in [6.45, 7) is 0. The molecule has 1 saturated heterocycles. The van der Waals surface area contributed by atoms with Crippen molar-refractivity contribution in [2.45, 2.75) is 12.1 Å². The van der Waals surface area contributed by atoms with Crippen LogP contribution in [0.2, 0.25) is 5.02 Å². The molecule has 0 aliphatic carbocycles. The quantitative estimate of drug-likeness (QED) is 0.380. The molecule has 2 heterocycles. The van der Waals surface area contributed by atoms with Gasteiger partial charge in [0, 0.05) is 10.7 Å². The Balaban J connectivity index is 1.65. The second-order valence-electron chi connectivity index (χ2n) is 8.06. The van der Waals surface area contributed by atoms with Gasteiger partial charge in [0.1, 0.15) is 6.04 Å². The molecule has 0 spiro atoms. The van der Waals surface area contributed by atoms with Gasteiger partial charge in [-0.2, -0.15) is 0 Å². The van der Waals surface area contributed by atoms with Crippen molar-refractivity contribution in [2.75, 3.05) is 26.2 Å². The van der Waals surface area contributed by atoms with Gasteiger partial charge in [0.15, 0.2) is 11.5 Å². The minimum atomic E-state index is -1.05. The van der Waals surface area contributed by atoms with Gasteiger partial charge in [-0.1, -0.05) is 23.7 Å². The van der Waals surface area contributed by atoms with Crippen molar-refractivity contribution in [1.82, 2.24) is 4.90 Å². The number of hydrogen-bond donors (Lipinski definition) is 0. The molecule has 35 heavy (non-hydrogen) atoms. The molecule has 1 fully saturated rings. The molecule has 2 aliphatic rings. The third-order valence-electron chi connectivity index (χ3n) is 6.30. The zero-order valence-electron chi connectivity index (χ0n) is 19.2. The number of hydrogen-bond acceptors (Lipinski definition) is 6. The summed E-state index contributed by atoms with van der Waals surface area (Å²) in [4.78, 5) is 42.6. The summed E-state index contributed by atoms with van der Waals surface area (Å²) in [6, 6.07) is 15.0. The molecule has 0 radical (unpaired) electrons. The summed E-state index contributed by atoms with van der Waals surface area (Å²) in [7, 11) is 4.48. The Kier molecular flexibility index (Phi) is 5.61. The van der Waals surface area contributed by atoms with Crippen LogP contribution in [0.5, 0.6) is 17.2 Å². The zero-order valence-corrected chi connectivity index (χ0v) is 19.9. The predicted octanol–water partition coefficient (Wildman–Crippen LogP) is 4.12. The molecule has 2 aliphatic heterocycles. The highest BCUT2D eigenvalue weighted by Crippen LogP contribution is 2.48. The lowest BCUT2D eigenvalue weighted by atomic mass is 9.86. The van der Waals surface area contributed by atoms with E-state index in [0.29, 0.717) is 33.5 Å². The Labute approximate surface area is 206 Å². The maximum absolute atomic E-state index is 13.6. The van der Waals surface area contributed by atoms with Crippen LogP contribution in [0, 0.1) is 0 Å². The van der Waals surface area contributed by atoms with Crippen LogP contribution in [0.4, 0.5) is 5.69 Å². The fourth-order valence-corrected chi connectivity index (χ4v) is 4.80. The second-order valence-corrected chi connectivity index (χ2v) is 8.50. The lowest BCUT2D eigenvalue weighted by Gasteiger charge is -2.49. The number of methoxy groups -OCH3 is 3. The molecule has 0 N–H and O–H groups in total. The van der Waals surface area contributed by atoms with Crippen LogP contribution in [-0.2, 0) is 4.79 Å². The van der Waals surface area contributed by atoms with E-state index in [0.717, 1.165) is 4.90 Å². The number of carbonyl (C=O) groups is 3. The van der Waals surface area contributed by atoms with Crippen molar-refractivity contribution >= 4 is 35.0 Å². The van der Waals surface area contributed by atoms with Gasteiger partial charge < -0.3 is 19.1 Å². The number of nitrogens with zero attached hydrogens (tertiary/aromatic N) is 2. The number of imide groups is 1. The molecule has 3 amide bonds. The first-order chi connectivity index (χ1) is 16.9. The van der Waals surface area contributed by atoms with E-state index in [2.05, 4.69) is 0 Å². The van der Waals surface area contributed by atoms with Gasteiger partial charge in [-0.3, -0.25) is 19.3 Å². The number of carbonyl (C=O) groups excluding carboxylic acids is 3. The van der Waals surface area contributed by atoms with E-state index in [1.54, 1.807) is 60.7 Å². The third-order valence-corrected chi connectivity index (χ3v) is 6.56. The smallest absolute Gasteiger partial charge is 0.262 e. The molecule has 3 aromatic carbocycles. The third kappa shape index (κ3) is 3.40. The summed E-state index contributed by atoms with van der Waals surface area (Å²) >= 11 is 6.05. The highest BCUT2D eigenvalue weighted by atomic mass is 35.5. The van der Waals surface area contributed by atoms with Crippen molar-refractivity contribution in [2.24, 2.45) is 0 Å². The first-order valence-electron chi connectivity index (χ1n) is 10.8. The molecule has 2 atom stereocenters. The summed E-state index contributed by atoms with van der Waals surface area (Å²) in [6.07, 6.45) is 0. The van der Waals surface area contributed by atoms with E-state index < -0.39 is 23.9 Å². The van der Waals surface area contributed by atoms with Crippen molar-refractivity contribution in [3.05, 3.63) is 82.4 Å². The number of amides is 3. The van der Waals surface area contributed by atoms with Gasteiger partial charge >= 0.3 is 0 Å². The monoisotopic (exact) mass is 492 g/mol. The number of halogens is 1. The Morgan fingerprint density at radius 3 is 1.74 bits per heavy atom. The van der Waals surface area contributed by atoms with E-state index in [4.69, 9.17) is 25.8 Å². The number of anilines is 1. The number of rotatable bonds is 6. The number of ether oxygens (including phenoxy) is 3. The van der Waals surface area contributed by atoms with Crippen molar-refractivity contribution in [3.63, 3.8) is 0 Å². The molecular weight excluding hydrogens is 472 g/mol. The van der Waals surface area contributed by atoms with Crippen LogP contribution in [0.1, 0.15) is 32.3 Å². The maximum Gasteiger partial charge on any atom is 0.262 e. The van der Waals surface area contributed by atoms with Gasteiger partial charge in [-0.15, -0.1) is 0 Å². The molecule has 0 aromatic heterocycles. The lowest BCUT2D eigenvalue weighted by molar-refractivity contribution is -0.130. The molecule has 5 rings (SSSR count). The van der Waals surface area contributed by atoms with Gasteiger partial charge in [0.05, 0.1) is 38.5 Å². The highest BCUT2D eigenvalue weighted by Gasteiger charge is 2.57. The number of fused-ring (bicyclic) bond motifs is 1. The highest BCUT2D eigenvalue weighted by molar-refractivity contribution is 6.30. The number of benzene rings is 3. The topological polar surface area (TPSA) is 85.4 Å². The van der Waals surface area contributed by atoms with Crippen LogP contribution in [-0.4, -0.2) is 50.0 Å². The van der Waals surface area contributed by atoms with Gasteiger partial charge in [0.2, 0.25) is 5.75 Å². The van der Waals surface area contributed by atoms with Crippen molar-refractivity contribution < 1.29 is 28.6 Å². The Bertz CT molecular complexity index is 1300. The fraction of sp³-hybridized carbons (Fsp3) is 0.192. The zero-order chi connectivity index (χ0) is 24.9. The summed E-state index contributed by atoms with van der Waals surface area (Å²) in [5, 5.41) is 0.517. The SMILES string of the molecule is COc1cc(C2C(N3C(=O)c4ccccc4C3=O)C(=O)N2c2ccc(Cl)cc2)cc(OC)c1OC. The molecule has 0 bridgehead atoms. The second kappa shape index (κ2) is 8.63. The largest absolute Gasteiger partial charge is 0.493 e. The first-order valence-corrected chi connectivity index (χ1v) is 11.1. The fourth-order valence-electron chi connectivity index (χ4n) is 4.68. The van der Waals surface area contributed by atoms with Crippen molar-refractivity contribution in [3.8, 4) is 17.2 Å². The van der Waals surface area contributed by atoms with E-state index in [-0.39, 0.29) is 17.0 Å². The maximum atomic E-state index is 13.6. The van der Waals surface area contributed by atoms with Gasteiger partial charge in [-0.05, 0) is 54.1 Å². The van der Waals surface area contributed by atoms with Crippen molar-refractivity contribution in [1.29, 1.82) is 0 Å². The van der Waals surface area contributed by atoms with Gasteiger partial charge in [-0.25, -0.2) is 0 Å². The minimum Gasteiger partial charge on any atom is -0.493 e. The molecule has 3 aromatic rings. The average Bonchev–Trinajstić information content (AvgIpc) is 3.12. The van der Waals surface area contributed by atoms with Crippen LogP contribution in [0.3, 0.4) is 0 Å². The Hall–Kier alpha value is -4.04. The normalized spacial score (nSPS) is 18.9. The predicted molar refractivity (Wildman–Crippen MR) is 129 cm³/mol. The van der Waals surface area contributed by atoms with Crippen LogP contribution < -0.4 is 19.1 Å². The summed E-state index contributed by atoms with van der Waals surface area (Å²) in [5.74, 6) is -0.230. The lowest BCUT2D eigenvalue weighted by Crippen LogP contribution is -2.67. The molecule has 0 saturated carbocycles. The van der Waals surface area contributed by atoms with E-state index in [1.165, 1.54) is 26.2 Å². The molecule has 2 unspecified atom stereocenters. The molecule has 9 heteroatoms. The van der Waals surface area contributed by atoms with Crippen LogP contribution in [0.15, 0.2) is 60.7 Å². The van der Waals surface area contributed by atoms with E-state index in [9.17, 15) is 14.4 Å². The standard InChI is InChI=1S/C26H21ClN2O6/c1-33-19-12-14(13-20(34-2)23(19)35-3)21-22(26(32)28(21)16-10-8-15(27)9-11-16)29-24(30)17-6-4-5-7-18(17)25(29)31/h4-13,21-22H,1-3H3. The first kappa shape index (κ1) is 22.7. The van der Waals surface area contributed by atoms with Gasteiger partial charge in [0.25, 0.3) is 17.7 Å². The van der Waals surface area contributed by atoms with Crippen LogP contribution >= 0.6 is 11.6 Å². The van der Waals surface area contributed by atoms with E-state index in [1.807, 2.05) is 0 Å². The molecular formula is C26H21ClN2O6. The summed E-state index contributed by atoms with van der Waals surface area (Å²) in [5.41, 5.74) is 1.74. The Morgan fingerprint density at radius 1 is 0.714 bits per heavy atom. The summed E-state index contributed by atoms with van der Waals surface area (Å²) < 4.78 is 16.4. The van der Waals surface area contributed by atoms with Crippen LogP contribution in [0.25, 0.3) is 0 Å². The van der Waals surface area contributed by atoms with E-state index >= 15 is 0 Å². The Morgan fingerprint density at radius 2 is 1.26 bits per heavy atom. The minimum absolute atomic E-state index is 0.277. The number of β-lactam (4-membered cyclic amide) rings is 1. The molecule has 8 nitrogen and oxygen atoms in total. The molecule has 178 valence electrons.